The Bertz CT molecular complexity index is 235. The molecule has 0 fully saturated rings. The van der Waals surface area contributed by atoms with Gasteiger partial charge >= 0.3 is 23.1 Å². The first kappa shape index (κ1) is 46.9. The maximum Gasteiger partial charge on any atom is 0.316 e. The Hall–Kier alpha value is 0.586. The third-order valence-electron chi connectivity index (χ3n) is 2.32. The Labute approximate surface area is 226 Å². The highest BCUT2D eigenvalue weighted by Crippen LogP contribution is 1.77. The van der Waals surface area contributed by atoms with Crippen LogP contribution in [0, 0.1) is 0 Å². The third-order valence-corrected chi connectivity index (χ3v) is 2.85. The molecule has 0 aliphatic heterocycles. The summed E-state index contributed by atoms with van der Waals surface area (Å²) in [5, 5.41) is 16.2. The van der Waals surface area contributed by atoms with Crippen LogP contribution in [0.15, 0.2) is 11.1 Å². The van der Waals surface area contributed by atoms with Crippen molar-refractivity contribution in [1.29, 1.82) is 0 Å². The van der Waals surface area contributed by atoms with E-state index in [0.717, 1.165) is 0 Å². The van der Waals surface area contributed by atoms with Gasteiger partial charge in [0.1, 0.15) is 0 Å². The van der Waals surface area contributed by atoms with Crippen LogP contribution >= 0.6 is 15.9 Å². The third kappa shape index (κ3) is 98.6. The van der Waals surface area contributed by atoms with Crippen molar-refractivity contribution in [2.75, 3.05) is 122 Å². The number of halogens is 1. The highest BCUT2D eigenvalue weighted by Gasteiger charge is 1.85. The Morgan fingerprint density at radius 2 is 0.758 bits per heavy atom. The summed E-state index contributed by atoms with van der Waals surface area (Å²) in [7, 11) is 9.86. The Balaban J connectivity index is -0.0000000721. The maximum atomic E-state index is 8.09. The molecule has 0 aliphatic rings. The van der Waals surface area contributed by atoms with Crippen LogP contribution in [-0.4, -0.2) is 155 Å². The predicted molar refractivity (Wildman–Crippen MR) is 139 cm³/mol. The van der Waals surface area contributed by atoms with Crippen LogP contribution in [-0.2, 0) is 37.9 Å². The molecule has 0 unspecified atom stereocenters. The molecule has 0 aromatic rings. The fourth-order valence-corrected chi connectivity index (χ4v) is 1.00. The largest absolute Gasteiger partial charge is 0.394 e. The molecule has 0 saturated carbocycles. The normalized spacial score (nSPS) is 9.15. The average Bonchev–Trinajstić information content (AvgIpc) is 2.81. The summed E-state index contributed by atoms with van der Waals surface area (Å²) in [6, 6.07) is 0. The average molecular weight is 568 g/mol. The zero-order chi connectivity index (χ0) is 25.6. The molecule has 0 aromatic carbocycles. The van der Waals surface area contributed by atoms with E-state index in [9.17, 15) is 0 Å². The highest BCUT2D eigenvalue weighted by atomic mass is 79.9. The number of hydrogen-bond acceptors (Lipinski definition) is 10. The molecule has 2 N–H and O–H groups in total. The van der Waals surface area contributed by atoms with E-state index in [-0.39, 0.29) is 36.3 Å². The van der Waals surface area contributed by atoms with Gasteiger partial charge in [-0.05, 0) is 11.9 Å². The first-order valence-corrected chi connectivity index (χ1v) is 11.0. The molecule has 0 bridgehead atoms. The molecular formula is C21H51BrMgO10. The van der Waals surface area contributed by atoms with Gasteiger partial charge in [-0.25, -0.2) is 0 Å². The van der Waals surface area contributed by atoms with E-state index in [1.807, 2.05) is 18.0 Å². The Morgan fingerprint density at radius 1 is 0.545 bits per heavy atom. The molecule has 0 spiro atoms. The molecule has 33 heavy (non-hydrogen) atoms. The lowest BCUT2D eigenvalue weighted by atomic mass is 10.7. The summed E-state index contributed by atoms with van der Waals surface area (Å²) in [6.07, 6.45) is 1.92. The van der Waals surface area contributed by atoms with E-state index in [2.05, 4.69) is 25.4 Å². The summed E-state index contributed by atoms with van der Waals surface area (Å²) in [6.45, 7) is 7.89. The van der Waals surface area contributed by atoms with Crippen molar-refractivity contribution in [3.05, 3.63) is 11.1 Å². The van der Waals surface area contributed by atoms with Gasteiger partial charge in [-0.1, -0.05) is 22.0 Å². The van der Waals surface area contributed by atoms with Crippen LogP contribution in [0.25, 0.3) is 0 Å². The second kappa shape index (κ2) is 63.7. The van der Waals surface area contributed by atoms with Crippen LogP contribution in [0.1, 0.15) is 6.92 Å². The van der Waals surface area contributed by atoms with Crippen molar-refractivity contribution in [2.24, 2.45) is 0 Å². The van der Waals surface area contributed by atoms with Crippen LogP contribution in [0.4, 0.5) is 0 Å². The van der Waals surface area contributed by atoms with Gasteiger partial charge < -0.3 is 48.1 Å². The summed E-state index contributed by atoms with van der Waals surface area (Å²) in [5.41, 5.74) is 0. The number of aliphatic hydroxyl groups is 2. The molecule has 204 valence electrons. The van der Waals surface area contributed by atoms with Gasteiger partial charge in [0.25, 0.3) is 0 Å². The van der Waals surface area contributed by atoms with Crippen LogP contribution in [0.3, 0.4) is 0 Å². The number of ether oxygens (including phenoxy) is 8. The molecular weight excluding hydrogens is 516 g/mol. The fourth-order valence-electron chi connectivity index (χ4n) is 1.00. The van der Waals surface area contributed by atoms with Crippen molar-refractivity contribution >= 4 is 39.0 Å². The molecule has 12 heteroatoms. The van der Waals surface area contributed by atoms with E-state index >= 15 is 0 Å². The summed E-state index contributed by atoms with van der Waals surface area (Å²) < 4.78 is 38.0. The molecule has 0 heterocycles. The zero-order valence-electron chi connectivity index (χ0n) is 21.2. The minimum Gasteiger partial charge on any atom is -0.394 e. The lowest BCUT2D eigenvalue weighted by molar-refractivity contribution is 0.0385. The molecule has 0 atom stereocenters. The van der Waals surface area contributed by atoms with Crippen molar-refractivity contribution in [2.45, 2.75) is 6.92 Å². The lowest BCUT2D eigenvalue weighted by Crippen LogP contribution is -2.06. The summed E-state index contributed by atoms with van der Waals surface area (Å²) in [5.74, 6) is 0. The number of methoxy groups -OCH3 is 5. The number of hydrogen-bond donors (Lipinski definition) is 2. The van der Waals surface area contributed by atoms with Gasteiger partial charge in [-0.15, -0.1) is 0 Å². The van der Waals surface area contributed by atoms with Gasteiger partial charge in [0.15, 0.2) is 0 Å². The first-order valence-electron chi connectivity index (χ1n) is 10.1. The first-order chi connectivity index (χ1) is 15.6. The van der Waals surface area contributed by atoms with E-state index in [0.29, 0.717) is 66.1 Å². The van der Waals surface area contributed by atoms with Crippen molar-refractivity contribution in [3.8, 4) is 0 Å². The maximum absolute atomic E-state index is 8.09. The number of rotatable bonds is 16. The molecule has 0 rings (SSSR count). The minimum atomic E-state index is 0. The molecule has 0 radical (unpaired) electrons. The van der Waals surface area contributed by atoms with Gasteiger partial charge in [-0.3, -0.25) is 0 Å². The zero-order valence-corrected chi connectivity index (χ0v) is 22.8. The van der Waals surface area contributed by atoms with Crippen LogP contribution < -0.4 is 0 Å². The number of aliphatic hydroxyl groups excluding tert-OH is 2. The van der Waals surface area contributed by atoms with Gasteiger partial charge in [0.2, 0.25) is 0 Å². The molecule has 0 aromatic heterocycles. The lowest BCUT2D eigenvalue weighted by Gasteiger charge is -2.00. The molecule has 0 saturated heterocycles. The monoisotopic (exact) mass is 566 g/mol. The molecule has 0 amide bonds. The van der Waals surface area contributed by atoms with Gasteiger partial charge in [0, 0.05) is 42.7 Å². The summed E-state index contributed by atoms with van der Waals surface area (Å²) >= 11 is 3.07. The molecule has 10 nitrogen and oxygen atoms in total. The van der Waals surface area contributed by atoms with Crippen molar-refractivity contribution < 1.29 is 48.1 Å². The highest BCUT2D eigenvalue weighted by molar-refractivity contribution is 9.11. The van der Waals surface area contributed by atoms with Crippen LogP contribution in [0.5, 0.6) is 0 Å². The predicted octanol–water partition coefficient (Wildman–Crippen LogP) is 0.841. The Morgan fingerprint density at radius 3 is 0.909 bits per heavy atom. The van der Waals surface area contributed by atoms with E-state index < -0.39 is 0 Å². The van der Waals surface area contributed by atoms with Crippen molar-refractivity contribution in [3.63, 3.8) is 0 Å². The fraction of sp³-hybridized carbons (Fsp3) is 0.905. The standard InChI is InChI=1S/2C6H14O3.C4H10O3.C3H5Br.C2H6O.Mg.2H/c2*1-7-3-5-9-6-4-8-2;5-1-3-7-4-2-6;1-2-3-4;1-3-2;;;/h2*3-6H2,1-2H3;5-6H,1-4H2;2-3H,1H3;1-2H3;;;/b;;;3-2-;;;;. The molecule has 0 aliphatic carbocycles. The van der Waals surface area contributed by atoms with Gasteiger partial charge in [-0.2, -0.15) is 0 Å². The van der Waals surface area contributed by atoms with E-state index in [4.69, 9.17) is 38.6 Å². The summed E-state index contributed by atoms with van der Waals surface area (Å²) in [4.78, 5) is 1.81. The van der Waals surface area contributed by atoms with Crippen LogP contribution in [0.2, 0.25) is 0 Å². The Kier molecular flexibility index (Phi) is 90.5. The van der Waals surface area contributed by atoms with Gasteiger partial charge in [0.05, 0.1) is 79.3 Å². The van der Waals surface area contributed by atoms with E-state index in [1.165, 1.54) is 0 Å². The van der Waals surface area contributed by atoms with E-state index in [1.54, 1.807) is 42.7 Å². The smallest absolute Gasteiger partial charge is 0.316 e. The minimum absolute atomic E-state index is 0. The van der Waals surface area contributed by atoms with Crippen molar-refractivity contribution in [1.82, 2.24) is 0 Å². The SMILES string of the molecule is C/C=C\Br.COC.COCCOCCOC.COCCOCCOC.OCCOCCO.[MgH2]. The quantitative estimate of drug-likeness (QED) is 0.205. The second-order valence-corrected chi connectivity index (χ2v) is 5.65. The number of allylic oxidation sites excluding steroid dienone is 1. The topological polar surface area (TPSA) is 114 Å². The second-order valence-electron chi connectivity index (χ2n) is 5.12.